The number of aliphatic hydroxyl groups is 1. The van der Waals surface area contributed by atoms with Crippen LogP contribution in [-0.2, 0) is 16.1 Å². The molecule has 0 spiro atoms. The molecule has 2 N–H and O–H groups in total. The standard InChI is InChI=1S/C19H28N2O5/c1-19(2,3)26-17(23)20-16-11-21(10-9-15(16)12-22)18(24)25-13-14-7-5-4-6-8-14/h4-8,15-16,22H,9-13H2,1-3H3,(H,20,23). The Morgan fingerprint density at radius 2 is 1.96 bits per heavy atom. The van der Waals surface area contributed by atoms with Gasteiger partial charge in [0.05, 0.1) is 6.04 Å². The average molecular weight is 364 g/mol. The molecular weight excluding hydrogens is 336 g/mol. The molecule has 1 saturated heterocycles. The maximum Gasteiger partial charge on any atom is 0.410 e. The van der Waals surface area contributed by atoms with Gasteiger partial charge in [0.1, 0.15) is 12.2 Å². The molecule has 0 radical (unpaired) electrons. The monoisotopic (exact) mass is 364 g/mol. The highest BCUT2D eigenvalue weighted by molar-refractivity contribution is 5.69. The lowest BCUT2D eigenvalue weighted by Crippen LogP contribution is -2.55. The van der Waals surface area contributed by atoms with Gasteiger partial charge in [0.25, 0.3) is 0 Å². The van der Waals surface area contributed by atoms with Crippen molar-refractivity contribution >= 4 is 12.2 Å². The number of benzene rings is 1. The molecule has 1 heterocycles. The number of carbonyl (C=O) groups excluding carboxylic acids is 2. The van der Waals surface area contributed by atoms with Crippen LogP contribution in [0.25, 0.3) is 0 Å². The first-order valence-electron chi connectivity index (χ1n) is 8.84. The zero-order valence-corrected chi connectivity index (χ0v) is 15.6. The summed E-state index contributed by atoms with van der Waals surface area (Å²) < 4.78 is 10.6. The first kappa shape index (κ1) is 20.0. The van der Waals surface area contributed by atoms with Crippen molar-refractivity contribution < 1.29 is 24.2 Å². The molecule has 1 aromatic rings. The van der Waals surface area contributed by atoms with Crippen LogP contribution in [-0.4, -0.2) is 53.5 Å². The number of aliphatic hydroxyl groups excluding tert-OH is 1. The number of piperidine rings is 1. The summed E-state index contributed by atoms with van der Waals surface area (Å²) in [5, 5.41) is 12.3. The molecule has 144 valence electrons. The van der Waals surface area contributed by atoms with E-state index in [1.807, 2.05) is 30.3 Å². The molecule has 2 atom stereocenters. The minimum Gasteiger partial charge on any atom is -0.445 e. The highest BCUT2D eigenvalue weighted by Gasteiger charge is 2.33. The third kappa shape index (κ3) is 6.22. The molecular formula is C19H28N2O5. The van der Waals surface area contributed by atoms with E-state index in [0.717, 1.165) is 5.56 Å². The van der Waals surface area contributed by atoms with E-state index >= 15 is 0 Å². The van der Waals surface area contributed by atoms with Gasteiger partial charge in [0.15, 0.2) is 0 Å². The Kier molecular flexibility index (Phi) is 6.85. The molecule has 1 aliphatic heterocycles. The van der Waals surface area contributed by atoms with Crippen molar-refractivity contribution in [3.8, 4) is 0 Å². The fourth-order valence-electron chi connectivity index (χ4n) is 2.82. The quantitative estimate of drug-likeness (QED) is 0.857. The smallest absolute Gasteiger partial charge is 0.410 e. The van der Waals surface area contributed by atoms with Crippen LogP contribution in [0.15, 0.2) is 30.3 Å². The Hall–Kier alpha value is -2.28. The van der Waals surface area contributed by atoms with Gasteiger partial charge in [-0.25, -0.2) is 9.59 Å². The largest absolute Gasteiger partial charge is 0.445 e. The third-order valence-corrected chi connectivity index (χ3v) is 4.16. The molecule has 1 aromatic carbocycles. The van der Waals surface area contributed by atoms with Crippen LogP contribution in [0.5, 0.6) is 0 Å². The summed E-state index contributed by atoms with van der Waals surface area (Å²) in [6.45, 7) is 6.24. The van der Waals surface area contributed by atoms with Crippen LogP contribution >= 0.6 is 0 Å². The van der Waals surface area contributed by atoms with E-state index in [4.69, 9.17) is 9.47 Å². The Labute approximate surface area is 154 Å². The van der Waals surface area contributed by atoms with E-state index in [1.54, 1.807) is 25.7 Å². The van der Waals surface area contributed by atoms with Crippen molar-refractivity contribution in [3.63, 3.8) is 0 Å². The van der Waals surface area contributed by atoms with E-state index in [2.05, 4.69) is 5.32 Å². The van der Waals surface area contributed by atoms with E-state index in [-0.39, 0.29) is 31.7 Å². The Morgan fingerprint density at radius 3 is 2.58 bits per heavy atom. The van der Waals surface area contributed by atoms with Crippen molar-refractivity contribution in [1.29, 1.82) is 0 Å². The Morgan fingerprint density at radius 1 is 1.27 bits per heavy atom. The highest BCUT2D eigenvalue weighted by Crippen LogP contribution is 2.19. The van der Waals surface area contributed by atoms with Crippen LogP contribution < -0.4 is 5.32 Å². The summed E-state index contributed by atoms with van der Waals surface area (Å²) >= 11 is 0. The van der Waals surface area contributed by atoms with E-state index in [9.17, 15) is 14.7 Å². The van der Waals surface area contributed by atoms with Crippen LogP contribution in [0.4, 0.5) is 9.59 Å². The molecule has 7 nitrogen and oxygen atoms in total. The number of alkyl carbamates (subject to hydrolysis) is 1. The molecule has 7 heteroatoms. The van der Waals surface area contributed by atoms with Crippen molar-refractivity contribution in [3.05, 3.63) is 35.9 Å². The highest BCUT2D eigenvalue weighted by atomic mass is 16.6. The number of likely N-dealkylation sites (tertiary alicyclic amines) is 1. The predicted octanol–water partition coefficient (Wildman–Crippen LogP) is 2.53. The Balaban J connectivity index is 1.90. The maximum absolute atomic E-state index is 12.3. The fourth-order valence-corrected chi connectivity index (χ4v) is 2.82. The molecule has 1 aliphatic rings. The zero-order valence-electron chi connectivity index (χ0n) is 15.6. The molecule has 2 amide bonds. The number of amides is 2. The van der Waals surface area contributed by atoms with Gasteiger partial charge in [0, 0.05) is 25.6 Å². The summed E-state index contributed by atoms with van der Waals surface area (Å²) in [7, 11) is 0. The number of carbonyl (C=O) groups is 2. The summed E-state index contributed by atoms with van der Waals surface area (Å²) in [6.07, 6.45) is -0.404. The Bertz CT molecular complexity index is 600. The molecule has 26 heavy (non-hydrogen) atoms. The van der Waals surface area contributed by atoms with Gasteiger partial charge in [-0.15, -0.1) is 0 Å². The van der Waals surface area contributed by atoms with E-state index in [0.29, 0.717) is 13.0 Å². The van der Waals surface area contributed by atoms with E-state index < -0.39 is 17.8 Å². The number of hydrogen-bond donors (Lipinski definition) is 2. The maximum atomic E-state index is 12.3. The summed E-state index contributed by atoms with van der Waals surface area (Å²) in [5.41, 5.74) is 0.302. The lowest BCUT2D eigenvalue weighted by atomic mass is 9.92. The number of hydrogen-bond acceptors (Lipinski definition) is 5. The number of ether oxygens (including phenoxy) is 2. The van der Waals surface area contributed by atoms with Gasteiger partial charge in [0.2, 0.25) is 0 Å². The molecule has 1 fully saturated rings. The van der Waals surface area contributed by atoms with Gasteiger partial charge >= 0.3 is 12.2 Å². The van der Waals surface area contributed by atoms with Crippen molar-refractivity contribution in [2.45, 2.75) is 45.4 Å². The van der Waals surface area contributed by atoms with Gasteiger partial charge in [-0.3, -0.25) is 0 Å². The molecule has 0 aromatic heterocycles. The molecule has 2 unspecified atom stereocenters. The van der Waals surface area contributed by atoms with Crippen LogP contribution in [0, 0.1) is 5.92 Å². The van der Waals surface area contributed by atoms with Gasteiger partial charge < -0.3 is 24.8 Å². The number of nitrogens with zero attached hydrogens (tertiary/aromatic N) is 1. The molecule has 0 bridgehead atoms. The van der Waals surface area contributed by atoms with Crippen LogP contribution in [0.2, 0.25) is 0 Å². The topological polar surface area (TPSA) is 88.1 Å². The SMILES string of the molecule is CC(C)(C)OC(=O)NC1CN(C(=O)OCc2ccccc2)CCC1CO. The first-order chi connectivity index (χ1) is 12.3. The first-order valence-corrected chi connectivity index (χ1v) is 8.84. The van der Waals surface area contributed by atoms with Crippen molar-refractivity contribution in [1.82, 2.24) is 10.2 Å². The lowest BCUT2D eigenvalue weighted by molar-refractivity contribution is 0.0338. The van der Waals surface area contributed by atoms with Crippen LogP contribution in [0.3, 0.4) is 0 Å². The van der Waals surface area contributed by atoms with E-state index in [1.165, 1.54) is 0 Å². The van der Waals surface area contributed by atoms with Crippen molar-refractivity contribution in [2.24, 2.45) is 5.92 Å². The molecule has 0 saturated carbocycles. The molecule has 0 aliphatic carbocycles. The lowest BCUT2D eigenvalue weighted by Gasteiger charge is -2.37. The minimum atomic E-state index is -0.609. The van der Waals surface area contributed by atoms with Gasteiger partial charge in [-0.05, 0) is 32.8 Å². The zero-order chi connectivity index (χ0) is 19.2. The second-order valence-corrected chi connectivity index (χ2v) is 7.47. The second-order valence-electron chi connectivity index (χ2n) is 7.47. The van der Waals surface area contributed by atoms with Gasteiger partial charge in [-0.1, -0.05) is 30.3 Å². The normalized spacial score (nSPS) is 20.4. The summed E-state index contributed by atoms with van der Waals surface area (Å²) in [4.78, 5) is 25.9. The minimum absolute atomic E-state index is 0.0621. The summed E-state index contributed by atoms with van der Waals surface area (Å²) in [5.74, 6) is -0.124. The summed E-state index contributed by atoms with van der Waals surface area (Å²) in [6, 6.07) is 9.06. The fraction of sp³-hybridized carbons (Fsp3) is 0.579. The third-order valence-electron chi connectivity index (χ3n) is 4.16. The average Bonchev–Trinajstić information content (AvgIpc) is 2.58. The number of nitrogens with one attached hydrogen (secondary N) is 1. The number of rotatable bonds is 4. The van der Waals surface area contributed by atoms with Crippen molar-refractivity contribution in [2.75, 3.05) is 19.7 Å². The second kappa shape index (κ2) is 8.89. The van der Waals surface area contributed by atoms with Gasteiger partial charge in [-0.2, -0.15) is 0 Å². The predicted molar refractivity (Wildman–Crippen MR) is 96.6 cm³/mol. The van der Waals surface area contributed by atoms with Crippen LogP contribution in [0.1, 0.15) is 32.8 Å². The molecule has 2 rings (SSSR count).